The molecule has 0 aliphatic rings. The van der Waals surface area contributed by atoms with Crippen LogP contribution in [-0.4, -0.2) is 25.1 Å². The molecular formula is C24H21N3O6. The summed E-state index contributed by atoms with van der Waals surface area (Å²) in [5.74, 6) is 0.872. The molecule has 4 aromatic rings. The molecule has 0 saturated heterocycles. The largest absolute Gasteiger partial charge is 0.497 e. The molecule has 0 aliphatic carbocycles. The van der Waals surface area contributed by atoms with Crippen molar-refractivity contribution in [1.82, 2.24) is 0 Å². The zero-order chi connectivity index (χ0) is 23.4. The molecular weight excluding hydrogens is 426 g/mol. The maximum Gasteiger partial charge on any atom is 0.291 e. The van der Waals surface area contributed by atoms with Gasteiger partial charge in [0.15, 0.2) is 5.76 Å². The fourth-order valence-corrected chi connectivity index (χ4v) is 3.28. The number of amides is 1. The van der Waals surface area contributed by atoms with Crippen LogP contribution in [0.1, 0.15) is 16.1 Å². The van der Waals surface area contributed by atoms with Gasteiger partial charge in [-0.2, -0.15) is 0 Å². The molecule has 0 atom stereocenters. The van der Waals surface area contributed by atoms with E-state index in [1.165, 1.54) is 26.4 Å². The molecule has 0 spiro atoms. The van der Waals surface area contributed by atoms with Crippen LogP contribution in [-0.2, 0) is 6.54 Å². The highest BCUT2D eigenvalue weighted by atomic mass is 16.6. The van der Waals surface area contributed by atoms with E-state index < -0.39 is 10.8 Å². The molecule has 0 aliphatic heterocycles. The van der Waals surface area contributed by atoms with Crippen LogP contribution < -0.4 is 20.1 Å². The number of hydrogen-bond donors (Lipinski definition) is 2. The number of fused-ring (bicyclic) bond motifs is 1. The lowest BCUT2D eigenvalue weighted by molar-refractivity contribution is -0.384. The Balaban J connectivity index is 1.46. The minimum absolute atomic E-state index is 0.0526. The second-order valence-electron chi connectivity index (χ2n) is 7.20. The number of nitrogens with one attached hydrogen (secondary N) is 2. The quantitative estimate of drug-likeness (QED) is 0.281. The van der Waals surface area contributed by atoms with Crippen molar-refractivity contribution in [2.75, 3.05) is 24.9 Å². The molecule has 4 rings (SSSR count). The number of anilines is 2. The maximum atomic E-state index is 12.7. The first-order chi connectivity index (χ1) is 15.9. The number of hydrogen-bond acceptors (Lipinski definition) is 7. The SMILES string of the molecule is COc1cc(NC(=O)c2cc3cc(NCc4ccc([N+](=O)[O-])cc4)ccc3o2)cc(OC)c1. The highest BCUT2D eigenvalue weighted by Gasteiger charge is 2.14. The molecule has 0 unspecified atom stereocenters. The number of ether oxygens (including phenoxy) is 2. The van der Waals surface area contributed by atoms with Crippen LogP contribution in [0.15, 0.2) is 71.1 Å². The van der Waals surface area contributed by atoms with E-state index in [0.29, 0.717) is 29.3 Å². The Labute approximate surface area is 189 Å². The molecule has 1 aromatic heterocycles. The van der Waals surface area contributed by atoms with Crippen molar-refractivity contribution < 1.29 is 23.6 Å². The molecule has 9 nitrogen and oxygen atoms in total. The zero-order valence-corrected chi connectivity index (χ0v) is 18.0. The fraction of sp³-hybridized carbons (Fsp3) is 0.125. The van der Waals surface area contributed by atoms with Gasteiger partial charge in [0.25, 0.3) is 11.6 Å². The van der Waals surface area contributed by atoms with E-state index in [2.05, 4.69) is 10.6 Å². The number of carbonyl (C=O) groups excluding carboxylic acids is 1. The van der Waals surface area contributed by atoms with Crippen molar-refractivity contribution in [3.63, 3.8) is 0 Å². The Morgan fingerprint density at radius 3 is 2.27 bits per heavy atom. The summed E-state index contributed by atoms with van der Waals surface area (Å²) in [5.41, 5.74) is 2.87. The van der Waals surface area contributed by atoms with Gasteiger partial charge in [-0.05, 0) is 29.8 Å². The average molecular weight is 447 g/mol. The summed E-state index contributed by atoms with van der Waals surface area (Å²) in [5, 5.41) is 17.6. The molecule has 1 amide bonds. The molecule has 2 N–H and O–H groups in total. The third-order valence-corrected chi connectivity index (χ3v) is 4.99. The number of methoxy groups -OCH3 is 2. The van der Waals surface area contributed by atoms with Gasteiger partial charge in [0.2, 0.25) is 0 Å². The molecule has 9 heteroatoms. The maximum absolute atomic E-state index is 12.7. The second-order valence-corrected chi connectivity index (χ2v) is 7.20. The van der Waals surface area contributed by atoms with E-state index in [-0.39, 0.29) is 11.4 Å². The number of non-ortho nitro benzene ring substituents is 1. The number of benzene rings is 3. The summed E-state index contributed by atoms with van der Waals surface area (Å²) in [4.78, 5) is 23.0. The van der Waals surface area contributed by atoms with Gasteiger partial charge in [0, 0.05) is 53.6 Å². The number of nitro benzene ring substituents is 1. The lowest BCUT2D eigenvalue weighted by atomic mass is 10.2. The van der Waals surface area contributed by atoms with Gasteiger partial charge in [-0.25, -0.2) is 0 Å². The molecule has 0 radical (unpaired) electrons. The molecule has 0 fully saturated rings. The van der Waals surface area contributed by atoms with Gasteiger partial charge in [-0.3, -0.25) is 14.9 Å². The van der Waals surface area contributed by atoms with Crippen LogP contribution in [0.4, 0.5) is 17.1 Å². The lowest BCUT2D eigenvalue weighted by Gasteiger charge is -2.08. The van der Waals surface area contributed by atoms with Gasteiger partial charge in [0.05, 0.1) is 19.1 Å². The first-order valence-corrected chi connectivity index (χ1v) is 10.0. The van der Waals surface area contributed by atoms with Crippen LogP contribution in [0.25, 0.3) is 11.0 Å². The van der Waals surface area contributed by atoms with E-state index in [4.69, 9.17) is 13.9 Å². The van der Waals surface area contributed by atoms with E-state index in [9.17, 15) is 14.9 Å². The predicted octanol–water partition coefficient (Wildman–Crippen LogP) is 5.22. The highest BCUT2D eigenvalue weighted by molar-refractivity contribution is 6.05. The Kier molecular flexibility index (Phi) is 6.12. The molecule has 1 heterocycles. The number of nitrogens with zero attached hydrogens (tertiary/aromatic N) is 1. The number of nitro groups is 1. The van der Waals surface area contributed by atoms with E-state index in [1.54, 1.807) is 42.5 Å². The fourth-order valence-electron chi connectivity index (χ4n) is 3.28. The summed E-state index contributed by atoms with van der Waals surface area (Å²) in [7, 11) is 3.07. The Morgan fingerprint density at radius 1 is 0.939 bits per heavy atom. The topological polar surface area (TPSA) is 116 Å². The monoisotopic (exact) mass is 447 g/mol. The van der Waals surface area contributed by atoms with Crippen LogP contribution in [0.3, 0.4) is 0 Å². The first-order valence-electron chi connectivity index (χ1n) is 10.0. The smallest absolute Gasteiger partial charge is 0.291 e. The summed E-state index contributed by atoms with van der Waals surface area (Å²) in [6.45, 7) is 0.492. The van der Waals surface area contributed by atoms with Crippen LogP contribution >= 0.6 is 0 Å². The Morgan fingerprint density at radius 2 is 1.64 bits per heavy atom. The van der Waals surface area contributed by atoms with Crippen molar-refractivity contribution in [1.29, 1.82) is 0 Å². The van der Waals surface area contributed by atoms with Crippen LogP contribution in [0, 0.1) is 10.1 Å². The first kappa shape index (κ1) is 21.7. The van der Waals surface area contributed by atoms with Gasteiger partial charge < -0.3 is 24.5 Å². The van der Waals surface area contributed by atoms with Crippen LogP contribution in [0.2, 0.25) is 0 Å². The van der Waals surface area contributed by atoms with Gasteiger partial charge in [0.1, 0.15) is 17.1 Å². The second kappa shape index (κ2) is 9.31. The van der Waals surface area contributed by atoms with Gasteiger partial charge in [-0.15, -0.1) is 0 Å². The van der Waals surface area contributed by atoms with Crippen molar-refractivity contribution in [3.05, 3.63) is 88.2 Å². The highest BCUT2D eigenvalue weighted by Crippen LogP contribution is 2.28. The summed E-state index contributed by atoms with van der Waals surface area (Å²) in [6.07, 6.45) is 0. The molecule has 0 saturated carbocycles. The standard InChI is InChI=1S/C24H21N3O6/c1-31-20-11-18(12-21(13-20)32-2)26-24(28)23-10-16-9-17(5-8-22(16)33-23)25-14-15-3-6-19(7-4-15)27(29)30/h3-13,25H,14H2,1-2H3,(H,26,28). The summed E-state index contributed by atoms with van der Waals surface area (Å²) in [6, 6.07) is 18.6. The minimum Gasteiger partial charge on any atom is -0.497 e. The van der Waals surface area contributed by atoms with Crippen molar-refractivity contribution in [2.45, 2.75) is 6.54 Å². The number of rotatable bonds is 8. The summed E-state index contributed by atoms with van der Waals surface area (Å²) < 4.78 is 16.2. The molecule has 0 bridgehead atoms. The van der Waals surface area contributed by atoms with Crippen molar-refractivity contribution in [2.24, 2.45) is 0 Å². The van der Waals surface area contributed by atoms with Gasteiger partial charge in [-0.1, -0.05) is 12.1 Å². The molecule has 168 valence electrons. The third-order valence-electron chi connectivity index (χ3n) is 4.99. The van der Waals surface area contributed by atoms with Crippen molar-refractivity contribution in [3.8, 4) is 11.5 Å². The van der Waals surface area contributed by atoms with Crippen molar-refractivity contribution >= 4 is 33.9 Å². The molecule has 33 heavy (non-hydrogen) atoms. The number of furan rings is 1. The van der Waals surface area contributed by atoms with Gasteiger partial charge >= 0.3 is 0 Å². The predicted molar refractivity (Wildman–Crippen MR) is 124 cm³/mol. The van der Waals surface area contributed by atoms with E-state index >= 15 is 0 Å². The Hall–Kier alpha value is -4.53. The lowest BCUT2D eigenvalue weighted by Crippen LogP contribution is -2.11. The zero-order valence-electron chi connectivity index (χ0n) is 18.0. The summed E-state index contributed by atoms with van der Waals surface area (Å²) >= 11 is 0. The molecule has 3 aromatic carbocycles. The number of carbonyl (C=O) groups is 1. The van der Waals surface area contributed by atoms with Crippen LogP contribution in [0.5, 0.6) is 11.5 Å². The normalized spacial score (nSPS) is 10.6. The van der Waals surface area contributed by atoms with E-state index in [0.717, 1.165) is 16.6 Å². The average Bonchev–Trinajstić information content (AvgIpc) is 3.26. The minimum atomic E-state index is -0.428. The third kappa shape index (κ3) is 5.04. The van der Waals surface area contributed by atoms with E-state index in [1.807, 2.05) is 12.1 Å². The Bertz CT molecular complexity index is 1290.